The molecule has 1 amide bonds. The lowest BCUT2D eigenvalue weighted by atomic mass is 9.96. The van der Waals surface area contributed by atoms with Gasteiger partial charge < -0.3 is 9.80 Å². The topological polar surface area (TPSA) is 73.8 Å². The van der Waals surface area contributed by atoms with Gasteiger partial charge >= 0.3 is 0 Å². The molecule has 0 radical (unpaired) electrons. The van der Waals surface area contributed by atoms with Crippen LogP contribution in [0.2, 0.25) is 0 Å². The van der Waals surface area contributed by atoms with E-state index in [0.717, 1.165) is 49.4 Å². The Bertz CT molecular complexity index is 1330. The van der Waals surface area contributed by atoms with Gasteiger partial charge in [-0.2, -0.15) is 4.31 Å². The number of anilines is 1. The SMILES string of the molecule is CSc1ccc2nc(N3CCN(C(=O)c4ccc(S(=O)(=O)N(C)C5CCCCC5)cc4)CC3)sc2c1. The zero-order chi connectivity index (χ0) is 25.3. The van der Waals surface area contributed by atoms with E-state index in [4.69, 9.17) is 4.98 Å². The van der Waals surface area contributed by atoms with Gasteiger partial charge in [-0.1, -0.05) is 30.6 Å². The van der Waals surface area contributed by atoms with Crippen LogP contribution in [0.4, 0.5) is 5.13 Å². The maximum atomic E-state index is 13.1. The number of hydrogen-bond donors (Lipinski definition) is 0. The van der Waals surface area contributed by atoms with Crippen molar-refractivity contribution in [2.24, 2.45) is 0 Å². The summed E-state index contributed by atoms with van der Waals surface area (Å²) < 4.78 is 28.9. The predicted octanol–water partition coefficient (Wildman–Crippen LogP) is 4.93. The van der Waals surface area contributed by atoms with Gasteiger partial charge in [-0.3, -0.25) is 4.79 Å². The maximum Gasteiger partial charge on any atom is 0.253 e. The maximum absolute atomic E-state index is 13.1. The van der Waals surface area contributed by atoms with Crippen LogP contribution >= 0.6 is 23.1 Å². The second kappa shape index (κ2) is 10.7. The third-order valence-corrected chi connectivity index (χ3v) is 11.0. The summed E-state index contributed by atoms with van der Waals surface area (Å²) in [5.41, 5.74) is 1.53. The molecule has 1 saturated heterocycles. The molecule has 3 aromatic rings. The second-order valence-electron chi connectivity index (χ2n) is 9.45. The first-order chi connectivity index (χ1) is 17.4. The number of thiazole rings is 1. The number of benzene rings is 2. The first-order valence-electron chi connectivity index (χ1n) is 12.4. The molecule has 7 nitrogen and oxygen atoms in total. The Kier molecular flexibility index (Phi) is 7.57. The number of piperazine rings is 1. The monoisotopic (exact) mass is 544 g/mol. The molecule has 1 aliphatic carbocycles. The third kappa shape index (κ3) is 5.14. The van der Waals surface area contributed by atoms with Crippen LogP contribution in [0.1, 0.15) is 42.5 Å². The second-order valence-corrected chi connectivity index (χ2v) is 13.3. The minimum absolute atomic E-state index is 0.0596. The fourth-order valence-electron chi connectivity index (χ4n) is 5.02. The summed E-state index contributed by atoms with van der Waals surface area (Å²) in [6, 6.07) is 12.8. The smallest absolute Gasteiger partial charge is 0.253 e. The van der Waals surface area contributed by atoms with E-state index in [9.17, 15) is 13.2 Å². The quantitative estimate of drug-likeness (QED) is 0.410. The van der Waals surface area contributed by atoms with Crippen molar-refractivity contribution in [1.82, 2.24) is 14.2 Å². The van der Waals surface area contributed by atoms with Crippen LogP contribution in [0, 0.1) is 0 Å². The Labute approximate surface area is 221 Å². The van der Waals surface area contributed by atoms with E-state index in [2.05, 4.69) is 29.4 Å². The van der Waals surface area contributed by atoms with Crippen molar-refractivity contribution >= 4 is 54.4 Å². The van der Waals surface area contributed by atoms with Crippen LogP contribution in [-0.2, 0) is 10.0 Å². The van der Waals surface area contributed by atoms with Gasteiger partial charge in [0.1, 0.15) is 0 Å². The van der Waals surface area contributed by atoms with Gasteiger partial charge in [-0.15, -0.1) is 11.8 Å². The summed E-state index contributed by atoms with van der Waals surface area (Å²) in [5, 5.41) is 0.993. The van der Waals surface area contributed by atoms with Crippen molar-refractivity contribution in [2.45, 2.75) is 47.9 Å². The molecule has 1 aromatic heterocycles. The van der Waals surface area contributed by atoms with Gasteiger partial charge in [0.25, 0.3) is 5.91 Å². The highest BCUT2D eigenvalue weighted by Crippen LogP contribution is 2.32. The van der Waals surface area contributed by atoms with E-state index in [0.29, 0.717) is 18.7 Å². The van der Waals surface area contributed by atoms with Gasteiger partial charge in [0.05, 0.1) is 15.1 Å². The highest BCUT2D eigenvalue weighted by atomic mass is 32.2. The molecule has 0 bridgehead atoms. The summed E-state index contributed by atoms with van der Waals surface area (Å²) >= 11 is 3.42. The van der Waals surface area contributed by atoms with Crippen LogP contribution in [0.15, 0.2) is 52.3 Å². The van der Waals surface area contributed by atoms with Crippen LogP contribution in [0.25, 0.3) is 10.2 Å². The van der Waals surface area contributed by atoms with Gasteiger partial charge in [0, 0.05) is 49.7 Å². The van der Waals surface area contributed by atoms with Crippen LogP contribution in [-0.4, -0.2) is 74.0 Å². The molecule has 0 spiro atoms. The standard InChI is InChI=1S/C26H32N4O3S3/c1-28(20-6-4-3-5-7-20)36(32,33)22-11-8-19(9-12-22)25(31)29-14-16-30(17-15-29)26-27-23-13-10-21(34-2)18-24(23)35-26/h8-13,18,20H,3-7,14-17H2,1-2H3. The van der Waals surface area contributed by atoms with Crippen LogP contribution < -0.4 is 4.90 Å². The lowest BCUT2D eigenvalue weighted by Crippen LogP contribution is -2.48. The summed E-state index contributed by atoms with van der Waals surface area (Å²) in [4.78, 5) is 23.5. The number of hydrogen-bond acceptors (Lipinski definition) is 7. The van der Waals surface area contributed by atoms with Crippen LogP contribution in [0.5, 0.6) is 0 Å². The molecule has 1 saturated carbocycles. The van der Waals surface area contributed by atoms with E-state index in [1.54, 1.807) is 54.4 Å². The van der Waals surface area contributed by atoms with Gasteiger partial charge in [0.2, 0.25) is 10.0 Å². The Hall–Kier alpha value is -2.14. The molecule has 1 aliphatic heterocycles. The largest absolute Gasteiger partial charge is 0.345 e. The number of rotatable bonds is 6. The molecule has 0 atom stereocenters. The molecule has 0 N–H and O–H groups in total. The minimum atomic E-state index is -3.56. The van der Waals surface area contributed by atoms with Gasteiger partial charge in [0.15, 0.2) is 5.13 Å². The molecular weight excluding hydrogens is 513 g/mol. The number of aromatic nitrogens is 1. The molecule has 5 rings (SSSR count). The zero-order valence-electron chi connectivity index (χ0n) is 20.7. The predicted molar refractivity (Wildman–Crippen MR) is 148 cm³/mol. The molecule has 2 fully saturated rings. The fourth-order valence-corrected chi connectivity index (χ4v) is 8.00. The number of carbonyl (C=O) groups is 1. The average molecular weight is 545 g/mol. The average Bonchev–Trinajstić information content (AvgIpc) is 3.36. The number of fused-ring (bicyclic) bond motifs is 1. The zero-order valence-corrected chi connectivity index (χ0v) is 23.2. The molecule has 10 heteroatoms. The minimum Gasteiger partial charge on any atom is -0.345 e. The van der Waals surface area contributed by atoms with Crippen molar-refractivity contribution in [2.75, 3.05) is 44.4 Å². The first-order valence-corrected chi connectivity index (χ1v) is 15.9. The van der Waals surface area contributed by atoms with E-state index < -0.39 is 10.0 Å². The molecular formula is C26H32N4O3S3. The number of nitrogens with zero attached hydrogens (tertiary/aromatic N) is 4. The molecule has 192 valence electrons. The summed E-state index contributed by atoms with van der Waals surface area (Å²) in [6.45, 7) is 2.66. The third-order valence-electron chi connectivity index (χ3n) is 7.29. The Morgan fingerprint density at radius 2 is 1.72 bits per heavy atom. The molecule has 2 aliphatic rings. The normalized spacial score (nSPS) is 17.8. The molecule has 36 heavy (non-hydrogen) atoms. The highest BCUT2D eigenvalue weighted by molar-refractivity contribution is 7.98. The number of sulfonamides is 1. The van der Waals surface area contributed by atoms with E-state index in [-0.39, 0.29) is 16.8 Å². The fraction of sp³-hybridized carbons (Fsp3) is 0.462. The number of carbonyl (C=O) groups excluding carboxylic acids is 1. The lowest BCUT2D eigenvalue weighted by molar-refractivity contribution is 0.0746. The Morgan fingerprint density at radius 3 is 2.39 bits per heavy atom. The van der Waals surface area contributed by atoms with Crippen molar-refractivity contribution in [3.63, 3.8) is 0 Å². The van der Waals surface area contributed by atoms with Gasteiger partial charge in [-0.05, 0) is 61.6 Å². The van der Waals surface area contributed by atoms with Crippen molar-refractivity contribution in [3.05, 3.63) is 48.0 Å². The van der Waals surface area contributed by atoms with Crippen molar-refractivity contribution < 1.29 is 13.2 Å². The van der Waals surface area contributed by atoms with Crippen LogP contribution in [0.3, 0.4) is 0 Å². The molecule has 2 heterocycles. The lowest BCUT2D eigenvalue weighted by Gasteiger charge is -2.34. The first kappa shape index (κ1) is 25.5. The van der Waals surface area contributed by atoms with E-state index in [1.807, 2.05) is 4.90 Å². The summed E-state index contributed by atoms with van der Waals surface area (Å²) in [5.74, 6) is -0.0619. The van der Waals surface area contributed by atoms with E-state index >= 15 is 0 Å². The molecule has 0 unspecified atom stereocenters. The van der Waals surface area contributed by atoms with Crippen molar-refractivity contribution in [1.29, 1.82) is 0 Å². The number of thioether (sulfide) groups is 1. The summed E-state index contributed by atoms with van der Waals surface area (Å²) in [7, 11) is -1.89. The van der Waals surface area contributed by atoms with E-state index in [1.165, 1.54) is 20.3 Å². The van der Waals surface area contributed by atoms with Gasteiger partial charge in [-0.25, -0.2) is 13.4 Å². The summed E-state index contributed by atoms with van der Waals surface area (Å²) in [6.07, 6.45) is 7.21. The van der Waals surface area contributed by atoms with Crippen molar-refractivity contribution in [3.8, 4) is 0 Å². The molecule has 2 aromatic carbocycles. The highest BCUT2D eigenvalue weighted by Gasteiger charge is 2.30. The number of amides is 1. The Balaban J connectivity index is 1.21. The Morgan fingerprint density at radius 1 is 1.03 bits per heavy atom.